The van der Waals surface area contributed by atoms with Gasteiger partial charge in [-0.05, 0) is 24.8 Å². The smallest absolute Gasteiger partial charge is 0.0172 e. The molecule has 18 heavy (non-hydrogen) atoms. The minimum Gasteiger partial charge on any atom is -0.316 e. The first-order valence-corrected chi connectivity index (χ1v) is 8.73. The van der Waals surface area contributed by atoms with Crippen LogP contribution in [-0.2, 0) is 0 Å². The number of rotatable bonds is 8. The highest BCUT2D eigenvalue weighted by molar-refractivity contribution is 8.00. The zero-order valence-corrected chi connectivity index (χ0v) is 13.6. The molecule has 2 nitrogen and oxygen atoms in total. The van der Waals surface area contributed by atoms with Crippen LogP contribution in [0.3, 0.4) is 0 Å². The van der Waals surface area contributed by atoms with E-state index < -0.39 is 0 Å². The Morgan fingerprint density at radius 3 is 2.72 bits per heavy atom. The summed E-state index contributed by atoms with van der Waals surface area (Å²) in [7, 11) is 0. The Morgan fingerprint density at radius 1 is 1.33 bits per heavy atom. The maximum absolute atomic E-state index is 3.56. The maximum Gasteiger partial charge on any atom is 0.0172 e. The van der Waals surface area contributed by atoms with E-state index in [1.54, 1.807) is 0 Å². The van der Waals surface area contributed by atoms with Gasteiger partial charge in [-0.1, -0.05) is 34.1 Å². The van der Waals surface area contributed by atoms with E-state index in [2.05, 4.69) is 49.7 Å². The monoisotopic (exact) mass is 272 g/mol. The highest BCUT2D eigenvalue weighted by atomic mass is 32.2. The van der Waals surface area contributed by atoms with Crippen molar-refractivity contribution in [1.29, 1.82) is 0 Å². The summed E-state index contributed by atoms with van der Waals surface area (Å²) < 4.78 is 0. The third-order valence-electron chi connectivity index (χ3n) is 3.94. The van der Waals surface area contributed by atoms with Crippen LogP contribution in [0.25, 0.3) is 0 Å². The van der Waals surface area contributed by atoms with Gasteiger partial charge in [0.05, 0.1) is 0 Å². The van der Waals surface area contributed by atoms with E-state index in [9.17, 15) is 0 Å². The summed E-state index contributed by atoms with van der Waals surface area (Å²) in [5.74, 6) is 1.32. The predicted molar refractivity (Wildman–Crippen MR) is 84.5 cm³/mol. The van der Waals surface area contributed by atoms with Crippen molar-refractivity contribution in [3.8, 4) is 0 Å². The molecule has 0 aromatic heterocycles. The molecule has 0 spiro atoms. The van der Waals surface area contributed by atoms with Crippen LogP contribution < -0.4 is 5.32 Å². The van der Waals surface area contributed by atoms with Gasteiger partial charge in [-0.2, -0.15) is 11.8 Å². The number of nitrogens with zero attached hydrogens (tertiary/aromatic N) is 1. The molecule has 3 heteroatoms. The molecule has 1 aliphatic rings. The standard InChI is InChI=1S/C15H32N2S/c1-5-8-15(4,12-16-7-3)13-17-9-10-18-14(6-2)11-17/h14,16H,5-13H2,1-4H3. The SMILES string of the molecule is CCCC(C)(CNCC)CN1CCSC(CC)C1. The van der Waals surface area contributed by atoms with Gasteiger partial charge in [0.25, 0.3) is 0 Å². The zero-order valence-electron chi connectivity index (χ0n) is 12.8. The van der Waals surface area contributed by atoms with Crippen molar-refractivity contribution in [3.63, 3.8) is 0 Å². The van der Waals surface area contributed by atoms with Crippen LogP contribution in [-0.4, -0.2) is 48.6 Å². The van der Waals surface area contributed by atoms with Crippen LogP contribution >= 0.6 is 11.8 Å². The number of thioether (sulfide) groups is 1. The topological polar surface area (TPSA) is 15.3 Å². The lowest BCUT2D eigenvalue weighted by atomic mass is 9.84. The summed E-state index contributed by atoms with van der Waals surface area (Å²) >= 11 is 2.17. The molecule has 2 unspecified atom stereocenters. The molecule has 1 saturated heterocycles. The van der Waals surface area contributed by atoms with Crippen molar-refractivity contribution in [2.45, 2.75) is 52.2 Å². The van der Waals surface area contributed by atoms with Gasteiger partial charge in [-0.3, -0.25) is 0 Å². The fourth-order valence-electron chi connectivity index (χ4n) is 2.96. The molecule has 0 saturated carbocycles. The molecule has 0 amide bonds. The second kappa shape index (κ2) is 8.44. The van der Waals surface area contributed by atoms with E-state index in [4.69, 9.17) is 0 Å². The Morgan fingerprint density at radius 2 is 2.11 bits per heavy atom. The first-order chi connectivity index (χ1) is 8.63. The lowest BCUT2D eigenvalue weighted by Gasteiger charge is -2.39. The minimum absolute atomic E-state index is 0.449. The Kier molecular flexibility index (Phi) is 7.66. The molecule has 0 radical (unpaired) electrons. The molecule has 108 valence electrons. The summed E-state index contributed by atoms with van der Waals surface area (Å²) in [6.07, 6.45) is 3.95. The highest BCUT2D eigenvalue weighted by Crippen LogP contribution is 2.28. The summed E-state index contributed by atoms with van der Waals surface area (Å²) in [6, 6.07) is 0. The second-order valence-electron chi connectivity index (χ2n) is 5.98. The Bertz CT molecular complexity index is 223. The van der Waals surface area contributed by atoms with E-state index in [1.807, 2.05) is 0 Å². The first-order valence-electron chi connectivity index (χ1n) is 7.68. The van der Waals surface area contributed by atoms with Crippen molar-refractivity contribution < 1.29 is 0 Å². The average molecular weight is 273 g/mol. The van der Waals surface area contributed by atoms with Gasteiger partial charge in [-0.15, -0.1) is 0 Å². The predicted octanol–water partition coefficient (Wildman–Crippen LogP) is 3.23. The van der Waals surface area contributed by atoms with Gasteiger partial charge in [0.1, 0.15) is 0 Å². The molecular formula is C15H32N2S. The molecule has 0 aromatic rings. The summed E-state index contributed by atoms with van der Waals surface area (Å²) in [6.45, 7) is 15.4. The van der Waals surface area contributed by atoms with Gasteiger partial charge in [0.2, 0.25) is 0 Å². The normalized spacial score (nSPS) is 25.0. The molecule has 1 fully saturated rings. The molecule has 1 rings (SSSR count). The molecule has 0 aromatic carbocycles. The highest BCUT2D eigenvalue weighted by Gasteiger charge is 2.28. The summed E-state index contributed by atoms with van der Waals surface area (Å²) in [4.78, 5) is 2.71. The van der Waals surface area contributed by atoms with Crippen LogP contribution in [0.5, 0.6) is 0 Å². The van der Waals surface area contributed by atoms with Crippen molar-refractivity contribution in [2.75, 3.05) is 38.5 Å². The zero-order chi connectivity index (χ0) is 13.4. The van der Waals surface area contributed by atoms with Gasteiger partial charge in [-0.25, -0.2) is 0 Å². The fourth-order valence-corrected chi connectivity index (χ4v) is 4.21. The summed E-state index contributed by atoms with van der Waals surface area (Å²) in [5.41, 5.74) is 0.449. The van der Waals surface area contributed by atoms with Gasteiger partial charge in [0.15, 0.2) is 0 Å². The average Bonchev–Trinajstić information content (AvgIpc) is 2.37. The first kappa shape index (κ1) is 16.3. The molecule has 1 aliphatic heterocycles. The van der Waals surface area contributed by atoms with Crippen LogP contribution in [0, 0.1) is 5.41 Å². The van der Waals surface area contributed by atoms with Crippen molar-refractivity contribution >= 4 is 11.8 Å². The van der Waals surface area contributed by atoms with Crippen LogP contribution in [0.2, 0.25) is 0 Å². The molecule has 1 heterocycles. The van der Waals surface area contributed by atoms with Gasteiger partial charge < -0.3 is 10.2 Å². The minimum atomic E-state index is 0.449. The van der Waals surface area contributed by atoms with E-state index in [1.165, 1.54) is 44.6 Å². The van der Waals surface area contributed by atoms with Crippen molar-refractivity contribution in [1.82, 2.24) is 10.2 Å². The molecular weight excluding hydrogens is 240 g/mol. The molecule has 2 atom stereocenters. The van der Waals surface area contributed by atoms with Crippen LogP contribution in [0.4, 0.5) is 0 Å². The van der Waals surface area contributed by atoms with Crippen LogP contribution in [0.1, 0.15) is 47.0 Å². The molecule has 0 aliphatic carbocycles. The van der Waals surface area contributed by atoms with E-state index in [0.717, 1.165) is 18.3 Å². The van der Waals surface area contributed by atoms with Gasteiger partial charge >= 0.3 is 0 Å². The lowest BCUT2D eigenvalue weighted by Crippen LogP contribution is -2.47. The van der Waals surface area contributed by atoms with Crippen molar-refractivity contribution in [2.24, 2.45) is 5.41 Å². The van der Waals surface area contributed by atoms with Gasteiger partial charge in [0, 0.05) is 37.2 Å². The Hall–Kier alpha value is 0.270. The number of hydrogen-bond donors (Lipinski definition) is 1. The second-order valence-corrected chi connectivity index (χ2v) is 7.39. The molecule has 1 N–H and O–H groups in total. The van der Waals surface area contributed by atoms with E-state index >= 15 is 0 Å². The van der Waals surface area contributed by atoms with Crippen LogP contribution in [0.15, 0.2) is 0 Å². The summed E-state index contributed by atoms with van der Waals surface area (Å²) in [5, 5.41) is 4.42. The van der Waals surface area contributed by atoms with E-state index in [0.29, 0.717) is 5.41 Å². The Balaban J connectivity index is 2.48. The third kappa shape index (κ3) is 5.50. The number of hydrogen-bond acceptors (Lipinski definition) is 3. The fraction of sp³-hybridized carbons (Fsp3) is 1.00. The quantitative estimate of drug-likeness (QED) is 0.730. The third-order valence-corrected chi connectivity index (χ3v) is 5.31. The van der Waals surface area contributed by atoms with E-state index in [-0.39, 0.29) is 0 Å². The molecule has 0 bridgehead atoms. The Labute approximate surface area is 118 Å². The largest absolute Gasteiger partial charge is 0.316 e. The van der Waals surface area contributed by atoms with Crippen molar-refractivity contribution in [3.05, 3.63) is 0 Å². The maximum atomic E-state index is 3.56. The lowest BCUT2D eigenvalue weighted by molar-refractivity contribution is 0.153. The number of nitrogens with one attached hydrogen (secondary N) is 1.